The summed E-state index contributed by atoms with van der Waals surface area (Å²) < 4.78 is 2.36. The van der Waals surface area contributed by atoms with E-state index in [2.05, 4.69) is 38.5 Å². The van der Waals surface area contributed by atoms with E-state index in [-0.39, 0.29) is 18.2 Å². The Morgan fingerprint density at radius 1 is 1.52 bits per heavy atom. The van der Waals surface area contributed by atoms with Gasteiger partial charge in [-0.2, -0.15) is 0 Å². The van der Waals surface area contributed by atoms with E-state index < -0.39 is 11.9 Å². The van der Waals surface area contributed by atoms with Gasteiger partial charge in [0.1, 0.15) is 6.04 Å². The van der Waals surface area contributed by atoms with Crippen LogP contribution in [-0.2, 0) is 14.4 Å². The molecule has 0 spiro atoms. The largest absolute Gasteiger partial charge is 0.368 e. The summed E-state index contributed by atoms with van der Waals surface area (Å²) in [5.74, 6) is 1.10. The molecule has 1 aliphatic carbocycles. The maximum Gasteiger partial charge on any atom is 0.240 e. The molecule has 0 aromatic heterocycles. The second kappa shape index (κ2) is 7.14. The van der Waals surface area contributed by atoms with Crippen molar-refractivity contribution in [2.24, 2.45) is 28.9 Å². The van der Waals surface area contributed by atoms with Crippen LogP contribution in [0.2, 0.25) is 0 Å². The predicted molar refractivity (Wildman–Crippen MR) is 90.0 cm³/mol. The van der Waals surface area contributed by atoms with Crippen molar-refractivity contribution in [3.8, 4) is 0 Å². The van der Waals surface area contributed by atoms with Crippen molar-refractivity contribution in [1.82, 2.24) is 15.3 Å². The zero-order valence-corrected chi connectivity index (χ0v) is 14.9. The third-order valence-electron chi connectivity index (χ3n) is 5.45. The molecule has 1 saturated carbocycles. The number of primary amides is 1. The summed E-state index contributed by atoms with van der Waals surface area (Å²) >= 11 is 0. The highest BCUT2D eigenvalue weighted by Crippen LogP contribution is 2.62. The monoisotopic (exact) mass is 342 g/mol. The SMILES string of the molecule is CC1(C)C2CN(P)CC21.NC(=O)C(CC1CCNC1=O)NC=O. The fraction of sp³-hybridized carbons (Fsp3) is 0.800. The summed E-state index contributed by atoms with van der Waals surface area (Å²) in [5, 5.41) is 4.94. The zero-order valence-electron chi connectivity index (χ0n) is 13.7. The number of nitrogens with two attached hydrogens (primary N) is 1. The summed E-state index contributed by atoms with van der Waals surface area (Å²) in [6, 6.07) is -0.749. The Morgan fingerprint density at radius 2 is 2.13 bits per heavy atom. The first-order valence-electron chi connectivity index (χ1n) is 8.03. The number of piperidine rings is 1. The quantitative estimate of drug-likeness (QED) is 0.462. The van der Waals surface area contributed by atoms with Gasteiger partial charge in [0.25, 0.3) is 0 Å². The molecule has 23 heavy (non-hydrogen) atoms. The van der Waals surface area contributed by atoms with Crippen molar-refractivity contribution in [2.75, 3.05) is 19.6 Å². The molecule has 0 aromatic carbocycles. The fourth-order valence-corrected chi connectivity index (χ4v) is 4.12. The fourth-order valence-electron chi connectivity index (χ4n) is 3.67. The van der Waals surface area contributed by atoms with Gasteiger partial charge in [-0.25, -0.2) is 0 Å². The molecule has 0 bridgehead atoms. The second-order valence-corrected chi connectivity index (χ2v) is 7.97. The van der Waals surface area contributed by atoms with E-state index in [4.69, 9.17) is 5.73 Å². The van der Waals surface area contributed by atoms with Gasteiger partial charge in [-0.15, -0.1) is 0 Å². The Morgan fingerprint density at radius 3 is 2.52 bits per heavy atom. The zero-order chi connectivity index (χ0) is 17.2. The van der Waals surface area contributed by atoms with Gasteiger partial charge in [0.05, 0.1) is 0 Å². The number of fused-ring (bicyclic) bond motifs is 1. The lowest BCUT2D eigenvalue weighted by molar-refractivity contribution is -0.125. The van der Waals surface area contributed by atoms with Crippen LogP contribution in [0, 0.1) is 23.2 Å². The molecule has 3 rings (SSSR count). The van der Waals surface area contributed by atoms with Gasteiger partial charge in [-0.1, -0.05) is 23.2 Å². The molecule has 3 fully saturated rings. The third-order valence-corrected chi connectivity index (χ3v) is 5.87. The molecule has 3 amide bonds. The summed E-state index contributed by atoms with van der Waals surface area (Å²) in [6.45, 7) is 8.01. The van der Waals surface area contributed by atoms with Crippen molar-refractivity contribution < 1.29 is 14.4 Å². The van der Waals surface area contributed by atoms with Crippen LogP contribution in [0.25, 0.3) is 0 Å². The summed E-state index contributed by atoms with van der Waals surface area (Å²) in [4.78, 5) is 32.2. The minimum Gasteiger partial charge on any atom is -0.368 e. The van der Waals surface area contributed by atoms with Gasteiger partial charge in [0, 0.05) is 25.6 Å². The number of nitrogens with one attached hydrogen (secondary N) is 2. The molecule has 4 N–H and O–H groups in total. The van der Waals surface area contributed by atoms with Crippen LogP contribution < -0.4 is 16.4 Å². The van der Waals surface area contributed by atoms with Crippen molar-refractivity contribution in [1.29, 1.82) is 0 Å². The molecule has 0 radical (unpaired) electrons. The van der Waals surface area contributed by atoms with E-state index >= 15 is 0 Å². The van der Waals surface area contributed by atoms with Gasteiger partial charge in [-0.3, -0.25) is 19.1 Å². The Hall–Kier alpha value is -1.20. The average molecular weight is 342 g/mol. The van der Waals surface area contributed by atoms with Crippen LogP contribution in [-0.4, -0.2) is 48.6 Å². The molecule has 130 valence electrons. The smallest absolute Gasteiger partial charge is 0.240 e. The Bertz CT molecular complexity index is 471. The normalized spacial score (nSPS) is 32.1. The van der Waals surface area contributed by atoms with E-state index in [0.717, 1.165) is 11.8 Å². The average Bonchev–Trinajstić information content (AvgIpc) is 2.87. The van der Waals surface area contributed by atoms with Crippen LogP contribution in [0.15, 0.2) is 0 Å². The molecule has 3 aliphatic rings. The molecule has 8 heteroatoms. The third kappa shape index (κ3) is 4.21. The number of rotatable bonds is 5. The minimum atomic E-state index is -0.749. The van der Waals surface area contributed by atoms with Crippen LogP contribution >= 0.6 is 9.39 Å². The number of carbonyl (C=O) groups excluding carboxylic acids is 3. The lowest BCUT2D eigenvalue weighted by atomic mass is 9.98. The standard InChI is InChI=1S/C8H13N3O3.C7H14NP/c9-7(13)6(11-4-12)3-5-1-2-10-8(5)14;1-7(2)5-3-8(9)4-6(5)7/h4-6H,1-3H2,(H2,9,13)(H,10,14)(H,11,12);5-6H,3-4,9H2,1-2H3. The summed E-state index contributed by atoms with van der Waals surface area (Å²) in [5.41, 5.74) is 5.74. The van der Waals surface area contributed by atoms with E-state index in [1.54, 1.807) is 0 Å². The molecule has 5 unspecified atom stereocenters. The Kier molecular flexibility index (Phi) is 5.63. The topological polar surface area (TPSA) is 105 Å². The Labute approximate surface area is 139 Å². The van der Waals surface area contributed by atoms with Crippen molar-refractivity contribution in [2.45, 2.75) is 32.7 Å². The number of amides is 3. The Balaban J connectivity index is 0.000000182. The first-order chi connectivity index (χ1) is 10.8. The maximum absolute atomic E-state index is 11.2. The molecule has 0 aromatic rings. The van der Waals surface area contributed by atoms with Crippen molar-refractivity contribution in [3.63, 3.8) is 0 Å². The summed E-state index contributed by atoms with van der Waals surface area (Å²) in [6.07, 6.45) is 1.38. The van der Waals surface area contributed by atoms with Gasteiger partial charge in [0.15, 0.2) is 0 Å². The highest BCUT2D eigenvalue weighted by Gasteiger charge is 2.61. The highest BCUT2D eigenvalue weighted by molar-refractivity contribution is 7.13. The lowest BCUT2D eigenvalue weighted by Crippen LogP contribution is -2.42. The number of hydrogen-bond donors (Lipinski definition) is 3. The van der Waals surface area contributed by atoms with Crippen LogP contribution in [0.3, 0.4) is 0 Å². The van der Waals surface area contributed by atoms with E-state index in [0.29, 0.717) is 24.8 Å². The van der Waals surface area contributed by atoms with E-state index in [9.17, 15) is 14.4 Å². The van der Waals surface area contributed by atoms with Crippen LogP contribution in [0.4, 0.5) is 0 Å². The molecule has 7 nitrogen and oxygen atoms in total. The highest BCUT2D eigenvalue weighted by atomic mass is 31.0. The number of carbonyl (C=O) groups is 3. The second-order valence-electron chi connectivity index (χ2n) is 7.24. The number of nitrogens with zero attached hydrogens (tertiary/aromatic N) is 1. The molecular weight excluding hydrogens is 315 g/mol. The van der Waals surface area contributed by atoms with E-state index in [1.807, 2.05) is 0 Å². The first-order valence-corrected chi connectivity index (χ1v) is 8.55. The minimum absolute atomic E-state index is 0.0797. The summed E-state index contributed by atoms with van der Waals surface area (Å²) in [7, 11) is 2.79. The molecule has 5 atom stereocenters. The van der Waals surface area contributed by atoms with Gasteiger partial charge >= 0.3 is 0 Å². The first kappa shape index (κ1) is 18.1. The van der Waals surface area contributed by atoms with Gasteiger partial charge in [0.2, 0.25) is 18.2 Å². The molecule has 2 heterocycles. The molecule has 2 aliphatic heterocycles. The van der Waals surface area contributed by atoms with Gasteiger partial charge in [-0.05, 0) is 30.1 Å². The van der Waals surface area contributed by atoms with Gasteiger partial charge < -0.3 is 16.4 Å². The van der Waals surface area contributed by atoms with Crippen molar-refractivity contribution in [3.05, 3.63) is 0 Å². The number of hydrogen-bond acceptors (Lipinski definition) is 4. The van der Waals surface area contributed by atoms with E-state index in [1.165, 1.54) is 13.1 Å². The van der Waals surface area contributed by atoms with Crippen LogP contribution in [0.1, 0.15) is 26.7 Å². The predicted octanol–water partition coefficient (Wildman–Crippen LogP) is -0.523. The maximum atomic E-state index is 11.2. The molecular formula is C15H27N4O3P. The lowest BCUT2D eigenvalue weighted by Gasteiger charge is -2.15. The van der Waals surface area contributed by atoms with Crippen molar-refractivity contribution >= 4 is 27.6 Å². The van der Waals surface area contributed by atoms with Crippen LogP contribution in [0.5, 0.6) is 0 Å². The molecule has 2 saturated heterocycles.